The lowest BCUT2D eigenvalue weighted by atomic mass is 10.2. The number of hydrogen-bond acceptors (Lipinski definition) is 5. The van der Waals surface area contributed by atoms with Gasteiger partial charge in [0.2, 0.25) is 0 Å². The molecule has 0 aromatic heterocycles. The molecule has 0 saturated heterocycles. The minimum Gasteiger partial charge on any atom is -0.370 e. The van der Waals surface area contributed by atoms with Crippen LogP contribution in [0.2, 0.25) is 0 Å². The zero-order chi connectivity index (χ0) is 26.9. The van der Waals surface area contributed by atoms with E-state index in [1.807, 2.05) is 0 Å². The number of carbonyl (C=O) groups excluding carboxylic acids is 1. The first-order valence-corrected chi connectivity index (χ1v) is 12.3. The van der Waals surface area contributed by atoms with Gasteiger partial charge in [0.15, 0.2) is 5.96 Å². The zero-order valence-corrected chi connectivity index (χ0v) is 20.3. The molecule has 2 amide bonds. The molecular formula is C21H24F6N6OS2. The Bertz CT molecular complexity index is 1060. The van der Waals surface area contributed by atoms with Crippen molar-refractivity contribution < 1.29 is 31.1 Å². The molecule has 36 heavy (non-hydrogen) atoms. The highest BCUT2D eigenvalue weighted by atomic mass is 32.2. The fourth-order valence-electron chi connectivity index (χ4n) is 2.82. The van der Waals surface area contributed by atoms with Crippen molar-refractivity contribution in [2.45, 2.75) is 28.6 Å². The van der Waals surface area contributed by atoms with Gasteiger partial charge < -0.3 is 27.4 Å². The number of guanidine groups is 1. The van der Waals surface area contributed by atoms with Crippen molar-refractivity contribution in [3.8, 4) is 0 Å². The van der Waals surface area contributed by atoms with Crippen molar-refractivity contribution in [1.29, 1.82) is 5.41 Å². The molecule has 0 spiro atoms. The highest BCUT2D eigenvalue weighted by molar-refractivity contribution is 7.99. The SMILES string of the molecule is N=C(N)NCCSc1ccc(NC(=O)Nc2ccc(SCCCN)c(C(F)(F)F)c2)cc1C(F)(F)F. The Morgan fingerprint density at radius 2 is 1.33 bits per heavy atom. The minimum atomic E-state index is -4.72. The number of benzene rings is 2. The summed E-state index contributed by atoms with van der Waals surface area (Å²) in [5.41, 5.74) is 8.19. The van der Waals surface area contributed by atoms with Gasteiger partial charge in [-0.25, -0.2) is 4.79 Å². The van der Waals surface area contributed by atoms with Gasteiger partial charge in [-0.15, -0.1) is 23.5 Å². The van der Waals surface area contributed by atoms with E-state index in [1.54, 1.807) is 0 Å². The van der Waals surface area contributed by atoms with Crippen LogP contribution in [0.1, 0.15) is 17.5 Å². The smallest absolute Gasteiger partial charge is 0.370 e. The Balaban J connectivity index is 2.14. The van der Waals surface area contributed by atoms with E-state index in [0.29, 0.717) is 18.7 Å². The summed E-state index contributed by atoms with van der Waals surface area (Å²) in [7, 11) is 0. The number of anilines is 2. The van der Waals surface area contributed by atoms with Crippen LogP contribution in [0.15, 0.2) is 46.2 Å². The molecule has 8 N–H and O–H groups in total. The molecule has 15 heteroatoms. The number of carbonyl (C=O) groups is 1. The molecule has 0 fully saturated rings. The van der Waals surface area contributed by atoms with E-state index < -0.39 is 29.5 Å². The van der Waals surface area contributed by atoms with Crippen molar-refractivity contribution in [2.75, 3.05) is 35.2 Å². The van der Waals surface area contributed by atoms with E-state index in [9.17, 15) is 31.1 Å². The number of thioether (sulfide) groups is 2. The van der Waals surface area contributed by atoms with Gasteiger partial charge in [0, 0.05) is 33.5 Å². The summed E-state index contributed by atoms with van der Waals surface area (Å²) in [5.74, 6) is 0.271. The first-order chi connectivity index (χ1) is 16.8. The lowest BCUT2D eigenvalue weighted by Gasteiger charge is -2.16. The lowest BCUT2D eigenvalue weighted by Crippen LogP contribution is -2.31. The van der Waals surface area contributed by atoms with Crippen LogP contribution in [-0.2, 0) is 12.4 Å². The summed E-state index contributed by atoms with van der Waals surface area (Å²) in [6, 6.07) is 5.40. The van der Waals surface area contributed by atoms with Crippen LogP contribution in [0, 0.1) is 5.41 Å². The van der Waals surface area contributed by atoms with E-state index in [2.05, 4.69) is 16.0 Å². The van der Waals surface area contributed by atoms with E-state index in [0.717, 1.165) is 35.7 Å². The predicted octanol–water partition coefficient (Wildman–Crippen LogP) is 5.38. The summed E-state index contributed by atoms with van der Waals surface area (Å²) in [5, 5.41) is 14.0. The number of halogens is 6. The fraction of sp³-hybridized carbons (Fsp3) is 0.333. The van der Waals surface area contributed by atoms with Crippen LogP contribution < -0.4 is 27.4 Å². The third-order valence-electron chi connectivity index (χ3n) is 4.37. The molecule has 0 bridgehead atoms. The summed E-state index contributed by atoms with van der Waals surface area (Å²) < 4.78 is 81.0. The van der Waals surface area contributed by atoms with Gasteiger partial charge in [-0.2, -0.15) is 26.3 Å². The first kappa shape index (κ1) is 29.5. The Hall–Kier alpha value is -2.78. The molecule has 0 aliphatic rings. The topological polar surface area (TPSA) is 129 Å². The number of rotatable bonds is 10. The van der Waals surface area contributed by atoms with Crippen LogP contribution >= 0.6 is 23.5 Å². The standard InChI is InChI=1S/C21H24F6N6OS2/c22-20(23,24)14-10-12(2-4-16(14)35-8-1-6-28)32-19(34)33-13-3-5-17(15(11-13)21(25,26)27)36-9-7-31-18(29)30/h2-5,10-11H,1,6-9,28H2,(H4,29,30,31)(H2,32,33,34). The largest absolute Gasteiger partial charge is 0.417 e. The normalized spacial score (nSPS) is 11.8. The van der Waals surface area contributed by atoms with Crippen LogP contribution in [0.3, 0.4) is 0 Å². The highest BCUT2D eigenvalue weighted by Crippen LogP contribution is 2.39. The molecule has 0 atom stereocenters. The molecular weight excluding hydrogens is 530 g/mol. The van der Waals surface area contributed by atoms with Crippen molar-refractivity contribution in [3.05, 3.63) is 47.5 Å². The van der Waals surface area contributed by atoms with Crippen LogP contribution in [0.4, 0.5) is 42.5 Å². The zero-order valence-electron chi connectivity index (χ0n) is 18.6. The Morgan fingerprint density at radius 3 is 1.75 bits per heavy atom. The van der Waals surface area contributed by atoms with Crippen LogP contribution in [-0.4, -0.2) is 36.6 Å². The molecule has 0 heterocycles. The number of nitrogens with one attached hydrogen (secondary N) is 4. The summed E-state index contributed by atoms with van der Waals surface area (Å²) in [4.78, 5) is 12.2. The van der Waals surface area contributed by atoms with E-state index >= 15 is 0 Å². The molecule has 0 unspecified atom stereocenters. The second-order valence-corrected chi connectivity index (χ2v) is 9.45. The van der Waals surface area contributed by atoms with Gasteiger partial charge in [-0.05, 0) is 55.1 Å². The number of urea groups is 1. The van der Waals surface area contributed by atoms with Crippen molar-refractivity contribution in [2.24, 2.45) is 11.5 Å². The van der Waals surface area contributed by atoms with Gasteiger partial charge in [0.05, 0.1) is 11.1 Å². The van der Waals surface area contributed by atoms with Crippen LogP contribution in [0.5, 0.6) is 0 Å². The summed E-state index contributed by atoms with van der Waals surface area (Å²) >= 11 is 1.86. The van der Waals surface area contributed by atoms with Crippen molar-refractivity contribution >= 4 is 46.9 Å². The molecule has 2 aromatic carbocycles. The quantitative estimate of drug-likeness (QED) is 0.0769. The molecule has 198 valence electrons. The van der Waals surface area contributed by atoms with E-state index in [1.165, 1.54) is 24.3 Å². The van der Waals surface area contributed by atoms with E-state index in [-0.39, 0.29) is 39.4 Å². The molecule has 7 nitrogen and oxygen atoms in total. The molecule has 2 rings (SSSR count). The highest BCUT2D eigenvalue weighted by Gasteiger charge is 2.35. The molecule has 0 aliphatic carbocycles. The number of amides is 2. The maximum absolute atomic E-state index is 13.5. The number of alkyl halides is 6. The summed E-state index contributed by atoms with van der Waals surface area (Å²) in [6.45, 7) is 0.505. The van der Waals surface area contributed by atoms with Crippen molar-refractivity contribution in [1.82, 2.24) is 5.32 Å². The number of hydrogen-bond donors (Lipinski definition) is 6. The van der Waals surface area contributed by atoms with E-state index in [4.69, 9.17) is 16.9 Å². The monoisotopic (exact) mass is 554 g/mol. The Labute approximate surface area is 211 Å². The van der Waals surface area contributed by atoms with Gasteiger partial charge >= 0.3 is 18.4 Å². The van der Waals surface area contributed by atoms with Crippen LogP contribution in [0.25, 0.3) is 0 Å². The fourth-order valence-corrected chi connectivity index (χ4v) is 4.76. The summed E-state index contributed by atoms with van der Waals surface area (Å²) in [6.07, 6.45) is -8.87. The third-order valence-corrected chi connectivity index (χ3v) is 6.60. The lowest BCUT2D eigenvalue weighted by molar-refractivity contribution is -0.140. The van der Waals surface area contributed by atoms with Gasteiger partial charge in [-0.3, -0.25) is 5.41 Å². The molecule has 0 aliphatic heterocycles. The molecule has 0 radical (unpaired) electrons. The maximum atomic E-state index is 13.5. The van der Waals surface area contributed by atoms with Gasteiger partial charge in [-0.1, -0.05) is 0 Å². The second kappa shape index (κ2) is 13.0. The number of nitrogens with two attached hydrogens (primary N) is 2. The maximum Gasteiger partial charge on any atom is 0.417 e. The molecule has 2 aromatic rings. The Kier molecular flexibility index (Phi) is 10.6. The van der Waals surface area contributed by atoms with Gasteiger partial charge in [0.25, 0.3) is 0 Å². The third kappa shape index (κ3) is 9.35. The molecule has 0 saturated carbocycles. The van der Waals surface area contributed by atoms with Gasteiger partial charge in [0.1, 0.15) is 0 Å². The second-order valence-electron chi connectivity index (χ2n) is 7.18. The van der Waals surface area contributed by atoms with Crippen molar-refractivity contribution in [3.63, 3.8) is 0 Å². The average Bonchev–Trinajstić information content (AvgIpc) is 2.77. The first-order valence-electron chi connectivity index (χ1n) is 10.4. The average molecular weight is 555 g/mol. The Morgan fingerprint density at radius 1 is 0.861 bits per heavy atom. The predicted molar refractivity (Wildman–Crippen MR) is 131 cm³/mol. The minimum absolute atomic E-state index is 0.0247.